The summed E-state index contributed by atoms with van der Waals surface area (Å²) in [6.07, 6.45) is 6.78. The molecule has 5 aromatic rings. The molecule has 2 N–H and O–H groups in total. The largest absolute Gasteiger partial charge is 0.383 e. The fraction of sp³-hybridized carbons (Fsp3) is 0. The van der Waals surface area contributed by atoms with Crippen molar-refractivity contribution in [2.24, 2.45) is 0 Å². The van der Waals surface area contributed by atoms with Crippen LogP contribution in [0.5, 0.6) is 0 Å². The van der Waals surface area contributed by atoms with Crippen LogP contribution in [-0.2, 0) is 0 Å². The zero-order valence-corrected chi connectivity index (χ0v) is 15.4. The van der Waals surface area contributed by atoms with Gasteiger partial charge in [0.05, 0.1) is 11.7 Å². The van der Waals surface area contributed by atoms with Crippen molar-refractivity contribution in [1.82, 2.24) is 29.9 Å². The second-order valence-electron chi connectivity index (χ2n) is 5.60. The molecule has 27 heavy (non-hydrogen) atoms. The molecule has 9 heteroatoms. The summed E-state index contributed by atoms with van der Waals surface area (Å²) in [6, 6.07) is 9.66. The molecule has 0 saturated carbocycles. The summed E-state index contributed by atoms with van der Waals surface area (Å²) in [7, 11) is 0. The van der Waals surface area contributed by atoms with Crippen molar-refractivity contribution < 1.29 is 0 Å². The van der Waals surface area contributed by atoms with Gasteiger partial charge in [0.15, 0.2) is 10.8 Å². The average molecular weight is 389 g/mol. The first-order chi connectivity index (χ1) is 13.3. The fourth-order valence-electron chi connectivity index (χ4n) is 2.61. The smallest absolute Gasteiger partial charge is 0.191 e. The van der Waals surface area contributed by atoms with E-state index in [-0.39, 0.29) is 0 Å². The lowest BCUT2D eigenvalue weighted by atomic mass is 10.2. The van der Waals surface area contributed by atoms with Crippen LogP contribution >= 0.6 is 23.1 Å². The normalized spacial score (nSPS) is 11.3. The number of nitrogens with zero attached hydrogens (tertiary/aromatic N) is 6. The first-order valence-corrected chi connectivity index (χ1v) is 9.63. The summed E-state index contributed by atoms with van der Waals surface area (Å²) < 4.78 is 0. The maximum atomic E-state index is 6.22. The quantitative estimate of drug-likeness (QED) is 0.497. The lowest BCUT2D eigenvalue weighted by molar-refractivity contribution is 1.05. The van der Waals surface area contributed by atoms with E-state index >= 15 is 0 Å². The molecule has 0 bridgehead atoms. The number of hydrogen-bond donors (Lipinski definition) is 1. The second kappa shape index (κ2) is 6.53. The summed E-state index contributed by atoms with van der Waals surface area (Å²) in [5, 5.41) is 2.32. The summed E-state index contributed by atoms with van der Waals surface area (Å²) in [6.45, 7) is 0. The summed E-state index contributed by atoms with van der Waals surface area (Å²) in [4.78, 5) is 28.2. The molecule has 5 rings (SSSR count). The Kier molecular flexibility index (Phi) is 3.88. The SMILES string of the molecule is Nc1nc(-c2nc3cccnc3s2)nc2ccc(Sc3cnccn3)cc12. The van der Waals surface area contributed by atoms with E-state index in [0.29, 0.717) is 16.6 Å². The number of rotatable bonds is 3. The Bertz CT molecular complexity index is 1240. The van der Waals surface area contributed by atoms with E-state index in [1.165, 1.54) is 23.1 Å². The van der Waals surface area contributed by atoms with Crippen LogP contribution in [0, 0.1) is 0 Å². The van der Waals surface area contributed by atoms with Gasteiger partial charge in [-0.05, 0) is 30.3 Å². The van der Waals surface area contributed by atoms with E-state index in [9.17, 15) is 0 Å². The van der Waals surface area contributed by atoms with Gasteiger partial charge in [0, 0.05) is 28.9 Å². The molecule has 0 unspecified atom stereocenters. The molecule has 0 aliphatic heterocycles. The lowest BCUT2D eigenvalue weighted by Gasteiger charge is -2.06. The third-order valence-corrected chi connectivity index (χ3v) is 5.70. The standard InChI is InChI=1S/C18H11N7S2/c19-15-11-8-10(26-14-9-20-6-7-21-14)3-4-12(11)23-16(25-15)18-24-13-2-1-5-22-17(13)27-18/h1-9H,(H2,19,23,25). The van der Waals surface area contributed by atoms with E-state index in [1.54, 1.807) is 24.8 Å². The molecule has 0 spiro atoms. The van der Waals surface area contributed by atoms with Gasteiger partial charge < -0.3 is 5.73 Å². The molecule has 0 fully saturated rings. The Balaban J connectivity index is 1.56. The number of nitrogen functional groups attached to an aromatic ring is 1. The number of nitrogens with two attached hydrogens (primary N) is 1. The molecule has 130 valence electrons. The predicted octanol–water partition coefficient (Wildman–Crippen LogP) is 3.82. The van der Waals surface area contributed by atoms with Gasteiger partial charge in [-0.3, -0.25) is 4.98 Å². The van der Waals surface area contributed by atoms with Crippen LogP contribution in [0.25, 0.3) is 32.1 Å². The monoisotopic (exact) mass is 389 g/mol. The van der Waals surface area contributed by atoms with Crippen LogP contribution in [0.4, 0.5) is 5.82 Å². The zero-order chi connectivity index (χ0) is 18.2. The minimum absolute atomic E-state index is 0.420. The second-order valence-corrected chi connectivity index (χ2v) is 7.68. The van der Waals surface area contributed by atoms with E-state index < -0.39 is 0 Å². The highest BCUT2D eigenvalue weighted by atomic mass is 32.2. The number of anilines is 1. The minimum Gasteiger partial charge on any atom is -0.383 e. The summed E-state index contributed by atoms with van der Waals surface area (Å²) in [5.74, 6) is 0.932. The highest BCUT2D eigenvalue weighted by Gasteiger charge is 2.13. The van der Waals surface area contributed by atoms with Crippen LogP contribution in [0.1, 0.15) is 0 Å². The van der Waals surface area contributed by atoms with Gasteiger partial charge in [0.25, 0.3) is 0 Å². The van der Waals surface area contributed by atoms with Crippen molar-refractivity contribution in [1.29, 1.82) is 0 Å². The van der Waals surface area contributed by atoms with Crippen molar-refractivity contribution in [3.05, 3.63) is 55.1 Å². The lowest BCUT2D eigenvalue weighted by Crippen LogP contribution is -1.97. The van der Waals surface area contributed by atoms with Crippen molar-refractivity contribution in [3.63, 3.8) is 0 Å². The first-order valence-electron chi connectivity index (χ1n) is 7.99. The van der Waals surface area contributed by atoms with E-state index in [4.69, 9.17) is 5.73 Å². The first kappa shape index (κ1) is 16.0. The molecule has 0 radical (unpaired) electrons. The predicted molar refractivity (Wildman–Crippen MR) is 107 cm³/mol. The van der Waals surface area contributed by atoms with Crippen LogP contribution in [0.3, 0.4) is 0 Å². The Morgan fingerprint density at radius 2 is 1.89 bits per heavy atom. The Morgan fingerprint density at radius 1 is 0.926 bits per heavy atom. The molecule has 0 saturated heterocycles. The number of pyridine rings is 1. The molecule has 0 aliphatic rings. The average Bonchev–Trinajstić information content (AvgIpc) is 3.13. The van der Waals surface area contributed by atoms with Crippen molar-refractivity contribution in [2.75, 3.05) is 5.73 Å². The van der Waals surface area contributed by atoms with Gasteiger partial charge in [-0.25, -0.2) is 24.9 Å². The highest BCUT2D eigenvalue weighted by Crippen LogP contribution is 2.32. The molecule has 0 aliphatic carbocycles. The number of thiazole rings is 1. The molecule has 0 atom stereocenters. The Morgan fingerprint density at radius 3 is 2.74 bits per heavy atom. The molecule has 7 nitrogen and oxygen atoms in total. The van der Waals surface area contributed by atoms with Gasteiger partial charge >= 0.3 is 0 Å². The zero-order valence-electron chi connectivity index (χ0n) is 13.8. The maximum absolute atomic E-state index is 6.22. The van der Waals surface area contributed by atoms with Gasteiger partial charge in [0.1, 0.15) is 21.2 Å². The topological polar surface area (TPSA) is 103 Å². The molecule has 4 heterocycles. The summed E-state index contributed by atoms with van der Waals surface area (Å²) in [5.41, 5.74) is 7.82. The van der Waals surface area contributed by atoms with E-state index in [2.05, 4.69) is 29.9 Å². The molecule has 1 aromatic carbocycles. The number of aromatic nitrogens is 6. The number of hydrogen-bond acceptors (Lipinski definition) is 9. The highest BCUT2D eigenvalue weighted by molar-refractivity contribution is 7.99. The molecule has 4 aromatic heterocycles. The van der Waals surface area contributed by atoms with E-state index in [1.807, 2.05) is 30.3 Å². The third kappa shape index (κ3) is 3.07. The van der Waals surface area contributed by atoms with Crippen LogP contribution in [0.2, 0.25) is 0 Å². The van der Waals surface area contributed by atoms with Crippen molar-refractivity contribution >= 4 is 50.2 Å². The Labute approximate surface area is 161 Å². The van der Waals surface area contributed by atoms with Crippen LogP contribution in [-0.4, -0.2) is 29.9 Å². The third-order valence-electron chi connectivity index (χ3n) is 3.82. The molecular formula is C18H11N7S2. The Hall–Kier alpha value is -3.17. The number of benzene rings is 1. The van der Waals surface area contributed by atoms with E-state index in [0.717, 1.165) is 31.2 Å². The van der Waals surface area contributed by atoms with Crippen LogP contribution < -0.4 is 5.73 Å². The van der Waals surface area contributed by atoms with Crippen molar-refractivity contribution in [2.45, 2.75) is 9.92 Å². The van der Waals surface area contributed by atoms with Gasteiger partial charge in [0.2, 0.25) is 0 Å². The maximum Gasteiger partial charge on any atom is 0.191 e. The molecular weight excluding hydrogens is 378 g/mol. The van der Waals surface area contributed by atoms with Gasteiger partial charge in [-0.2, -0.15) is 0 Å². The molecule has 0 amide bonds. The summed E-state index contributed by atoms with van der Waals surface area (Å²) >= 11 is 2.96. The minimum atomic E-state index is 0.420. The van der Waals surface area contributed by atoms with Crippen LogP contribution in [0.15, 0.2) is 65.0 Å². The van der Waals surface area contributed by atoms with Crippen molar-refractivity contribution in [3.8, 4) is 10.8 Å². The van der Waals surface area contributed by atoms with Gasteiger partial charge in [-0.15, -0.1) is 0 Å². The van der Waals surface area contributed by atoms with Gasteiger partial charge in [-0.1, -0.05) is 23.1 Å². The number of fused-ring (bicyclic) bond motifs is 2. The fourth-order valence-corrected chi connectivity index (χ4v) is 4.24.